The minimum atomic E-state index is -0.192. The van der Waals surface area contributed by atoms with Crippen molar-refractivity contribution in [3.8, 4) is 0 Å². The van der Waals surface area contributed by atoms with Crippen LogP contribution < -0.4 is 15.5 Å². The molecule has 3 aromatic carbocycles. The highest BCUT2D eigenvalue weighted by Crippen LogP contribution is 2.28. The molecule has 1 fully saturated rings. The summed E-state index contributed by atoms with van der Waals surface area (Å²) in [6.07, 6.45) is 2.24. The molecule has 2 N–H and O–H groups in total. The number of anilines is 2. The second-order valence-electron chi connectivity index (χ2n) is 8.35. The first-order chi connectivity index (χ1) is 15.5. The fraction of sp³-hybridized carbons (Fsp3) is 0.259. The maximum absolute atomic E-state index is 13.3. The van der Waals surface area contributed by atoms with Gasteiger partial charge in [-0.1, -0.05) is 48.0 Å². The molecule has 1 heterocycles. The Hall–Kier alpha value is -3.60. The topological polar surface area (TPSA) is 61.4 Å². The van der Waals surface area contributed by atoms with Gasteiger partial charge in [-0.15, -0.1) is 0 Å². The third kappa shape index (κ3) is 4.99. The van der Waals surface area contributed by atoms with Gasteiger partial charge in [-0.3, -0.25) is 9.59 Å². The molecule has 1 aliphatic rings. The predicted octanol–water partition coefficient (Wildman–Crippen LogP) is 5.34. The molecule has 1 atom stereocenters. The van der Waals surface area contributed by atoms with Gasteiger partial charge in [-0.2, -0.15) is 0 Å². The SMILES string of the molecule is Cc1ccc(C(=O)Nc2ccc(N3CCCC3)c(C(=O)NC(C)c3ccccc3)c2)cc1. The summed E-state index contributed by atoms with van der Waals surface area (Å²) in [6, 6.07) is 22.8. The fourth-order valence-electron chi connectivity index (χ4n) is 4.04. The van der Waals surface area contributed by atoms with Crippen molar-refractivity contribution in [2.75, 3.05) is 23.3 Å². The third-order valence-corrected chi connectivity index (χ3v) is 5.91. The maximum atomic E-state index is 13.3. The average Bonchev–Trinajstić information content (AvgIpc) is 3.35. The van der Waals surface area contributed by atoms with E-state index in [0.717, 1.165) is 42.7 Å². The highest BCUT2D eigenvalue weighted by atomic mass is 16.2. The number of hydrogen-bond acceptors (Lipinski definition) is 3. The van der Waals surface area contributed by atoms with E-state index in [9.17, 15) is 9.59 Å². The van der Waals surface area contributed by atoms with E-state index in [2.05, 4.69) is 15.5 Å². The molecule has 0 aromatic heterocycles. The van der Waals surface area contributed by atoms with Crippen LogP contribution in [0.1, 0.15) is 57.7 Å². The molecule has 1 saturated heterocycles. The summed E-state index contributed by atoms with van der Waals surface area (Å²) >= 11 is 0. The van der Waals surface area contributed by atoms with Crippen molar-refractivity contribution in [3.05, 3.63) is 95.1 Å². The van der Waals surface area contributed by atoms with Crippen LogP contribution in [0.5, 0.6) is 0 Å². The third-order valence-electron chi connectivity index (χ3n) is 5.91. The first-order valence-corrected chi connectivity index (χ1v) is 11.1. The number of nitrogens with zero attached hydrogens (tertiary/aromatic N) is 1. The van der Waals surface area contributed by atoms with E-state index >= 15 is 0 Å². The number of hydrogen-bond donors (Lipinski definition) is 2. The van der Waals surface area contributed by atoms with Gasteiger partial charge in [-0.05, 0) is 62.6 Å². The second kappa shape index (κ2) is 9.69. The molecular formula is C27H29N3O2. The first-order valence-electron chi connectivity index (χ1n) is 11.1. The molecule has 5 nitrogen and oxygen atoms in total. The summed E-state index contributed by atoms with van der Waals surface area (Å²) in [7, 11) is 0. The van der Waals surface area contributed by atoms with Gasteiger partial charge >= 0.3 is 0 Å². The number of amides is 2. The number of nitrogens with one attached hydrogen (secondary N) is 2. The summed E-state index contributed by atoms with van der Waals surface area (Å²) in [5.74, 6) is -0.336. The van der Waals surface area contributed by atoms with Crippen LogP contribution in [0.4, 0.5) is 11.4 Å². The van der Waals surface area contributed by atoms with Crippen LogP contribution in [0.2, 0.25) is 0 Å². The van der Waals surface area contributed by atoms with E-state index in [0.29, 0.717) is 16.8 Å². The van der Waals surface area contributed by atoms with Crippen molar-refractivity contribution in [1.82, 2.24) is 5.32 Å². The zero-order valence-corrected chi connectivity index (χ0v) is 18.6. The van der Waals surface area contributed by atoms with Crippen LogP contribution in [0, 0.1) is 6.92 Å². The Morgan fingerprint density at radius 3 is 2.25 bits per heavy atom. The number of rotatable bonds is 6. The van der Waals surface area contributed by atoms with Crippen LogP contribution in [-0.4, -0.2) is 24.9 Å². The highest BCUT2D eigenvalue weighted by molar-refractivity contribution is 6.06. The van der Waals surface area contributed by atoms with Gasteiger partial charge in [0.1, 0.15) is 0 Å². The largest absolute Gasteiger partial charge is 0.371 e. The van der Waals surface area contributed by atoms with Gasteiger partial charge in [0.15, 0.2) is 0 Å². The average molecular weight is 428 g/mol. The number of aryl methyl sites for hydroxylation is 1. The highest BCUT2D eigenvalue weighted by Gasteiger charge is 2.22. The van der Waals surface area contributed by atoms with Gasteiger partial charge in [-0.25, -0.2) is 0 Å². The summed E-state index contributed by atoms with van der Waals surface area (Å²) < 4.78 is 0. The Balaban J connectivity index is 1.58. The second-order valence-corrected chi connectivity index (χ2v) is 8.35. The number of carbonyl (C=O) groups excluding carboxylic acids is 2. The first kappa shape index (κ1) is 21.6. The predicted molar refractivity (Wildman–Crippen MR) is 129 cm³/mol. The van der Waals surface area contributed by atoms with Crippen molar-refractivity contribution < 1.29 is 9.59 Å². The standard InChI is InChI=1S/C27H29N3O2/c1-19-10-12-22(13-11-19)26(31)29-23-14-15-25(30-16-6-7-17-30)24(18-23)27(32)28-20(2)21-8-4-3-5-9-21/h3-5,8-15,18,20H,6-7,16-17H2,1-2H3,(H,28,32)(H,29,31). The van der Waals surface area contributed by atoms with Crippen molar-refractivity contribution in [2.45, 2.75) is 32.7 Å². The zero-order valence-electron chi connectivity index (χ0n) is 18.6. The molecule has 0 saturated carbocycles. The van der Waals surface area contributed by atoms with Gasteiger partial charge in [0.25, 0.3) is 11.8 Å². The Bertz CT molecular complexity index is 1090. The summed E-state index contributed by atoms with van der Waals surface area (Å²) in [5, 5.41) is 6.05. The van der Waals surface area contributed by atoms with E-state index in [1.54, 1.807) is 18.2 Å². The lowest BCUT2D eigenvalue weighted by Crippen LogP contribution is -2.29. The minimum absolute atomic E-state index is 0.124. The normalized spacial score (nSPS) is 14.1. The van der Waals surface area contributed by atoms with Crippen LogP contribution in [-0.2, 0) is 0 Å². The smallest absolute Gasteiger partial charge is 0.255 e. The van der Waals surface area contributed by atoms with Crippen LogP contribution >= 0.6 is 0 Å². The zero-order chi connectivity index (χ0) is 22.5. The molecular weight excluding hydrogens is 398 g/mol. The van der Waals surface area contributed by atoms with Crippen LogP contribution in [0.3, 0.4) is 0 Å². The molecule has 4 rings (SSSR count). The molecule has 0 radical (unpaired) electrons. The molecule has 0 spiro atoms. The van der Waals surface area contributed by atoms with E-state index in [1.807, 2.05) is 68.4 Å². The van der Waals surface area contributed by atoms with Gasteiger partial charge < -0.3 is 15.5 Å². The van der Waals surface area contributed by atoms with Crippen LogP contribution in [0.25, 0.3) is 0 Å². The van der Waals surface area contributed by atoms with E-state index in [1.165, 1.54) is 0 Å². The van der Waals surface area contributed by atoms with Crippen molar-refractivity contribution in [3.63, 3.8) is 0 Å². The van der Waals surface area contributed by atoms with E-state index in [4.69, 9.17) is 0 Å². The maximum Gasteiger partial charge on any atom is 0.255 e. The lowest BCUT2D eigenvalue weighted by molar-refractivity contribution is 0.0939. The molecule has 2 amide bonds. The van der Waals surface area contributed by atoms with Crippen molar-refractivity contribution >= 4 is 23.2 Å². The molecule has 0 aliphatic carbocycles. The summed E-state index contributed by atoms with van der Waals surface area (Å²) in [4.78, 5) is 28.2. The fourth-order valence-corrected chi connectivity index (χ4v) is 4.04. The van der Waals surface area contributed by atoms with Gasteiger partial charge in [0.05, 0.1) is 11.6 Å². The molecule has 5 heteroatoms. The Kier molecular flexibility index (Phi) is 6.55. The molecule has 1 aliphatic heterocycles. The Labute approximate surface area is 189 Å². The summed E-state index contributed by atoms with van der Waals surface area (Å²) in [6.45, 7) is 5.83. The van der Waals surface area contributed by atoms with Crippen molar-refractivity contribution in [1.29, 1.82) is 0 Å². The van der Waals surface area contributed by atoms with Gasteiger partial charge in [0.2, 0.25) is 0 Å². The van der Waals surface area contributed by atoms with Crippen molar-refractivity contribution in [2.24, 2.45) is 0 Å². The molecule has 3 aromatic rings. The number of carbonyl (C=O) groups is 2. The van der Waals surface area contributed by atoms with E-state index in [-0.39, 0.29) is 17.9 Å². The molecule has 0 bridgehead atoms. The quantitative estimate of drug-likeness (QED) is 0.558. The molecule has 32 heavy (non-hydrogen) atoms. The molecule has 164 valence electrons. The monoisotopic (exact) mass is 427 g/mol. The Morgan fingerprint density at radius 1 is 0.875 bits per heavy atom. The lowest BCUT2D eigenvalue weighted by Gasteiger charge is -2.23. The van der Waals surface area contributed by atoms with Crippen LogP contribution in [0.15, 0.2) is 72.8 Å². The lowest BCUT2D eigenvalue weighted by atomic mass is 10.1. The molecule has 1 unspecified atom stereocenters. The summed E-state index contributed by atoms with van der Waals surface area (Å²) in [5.41, 5.74) is 4.83. The number of benzene rings is 3. The Morgan fingerprint density at radius 2 is 1.56 bits per heavy atom. The van der Waals surface area contributed by atoms with E-state index < -0.39 is 0 Å². The minimum Gasteiger partial charge on any atom is -0.371 e. The van der Waals surface area contributed by atoms with Gasteiger partial charge in [0, 0.05) is 30.0 Å².